The van der Waals surface area contributed by atoms with Crippen LogP contribution in [0.3, 0.4) is 0 Å². The molecule has 0 saturated heterocycles. The molecule has 7 heteroatoms. The summed E-state index contributed by atoms with van der Waals surface area (Å²) >= 11 is 0. The average molecular weight is 302 g/mol. The van der Waals surface area contributed by atoms with Crippen molar-refractivity contribution in [3.8, 4) is 0 Å². The molecule has 114 valence electrons. The topological polar surface area (TPSA) is 113 Å². The van der Waals surface area contributed by atoms with Crippen LogP contribution in [-0.4, -0.2) is 37.4 Å². The first-order chi connectivity index (χ1) is 9.08. The monoisotopic (exact) mass is 302 g/mol. The smallest absolute Gasteiger partial charge is 0.241 e. The number of anilines is 1. The van der Waals surface area contributed by atoms with E-state index in [-0.39, 0.29) is 4.90 Å². The quantitative estimate of drug-likeness (QED) is 0.581. The van der Waals surface area contributed by atoms with E-state index in [0.717, 1.165) is 5.56 Å². The van der Waals surface area contributed by atoms with E-state index in [1.54, 1.807) is 19.9 Å². The summed E-state index contributed by atoms with van der Waals surface area (Å²) in [6.45, 7) is 5.53. The van der Waals surface area contributed by atoms with Crippen LogP contribution in [0.15, 0.2) is 11.0 Å². The first kappa shape index (κ1) is 16.9. The van der Waals surface area contributed by atoms with Crippen molar-refractivity contribution in [3.05, 3.63) is 22.8 Å². The Bertz CT molecular complexity index is 607. The molecule has 0 saturated carbocycles. The second-order valence-corrected chi connectivity index (χ2v) is 6.98. The fourth-order valence-corrected chi connectivity index (χ4v) is 3.96. The summed E-state index contributed by atoms with van der Waals surface area (Å²) in [6.07, 6.45) is 0. The van der Waals surface area contributed by atoms with Gasteiger partial charge in [0.05, 0.1) is 23.6 Å². The van der Waals surface area contributed by atoms with Crippen molar-refractivity contribution < 1.29 is 18.6 Å². The number of hydrogen-bond acceptors (Lipinski definition) is 5. The number of benzene rings is 1. The molecule has 0 aliphatic heterocycles. The fourth-order valence-electron chi connectivity index (χ4n) is 2.09. The lowest BCUT2D eigenvalue weighted by Crippen LogP contribution is -2.51. The molecular weight excluding hydrogens is 280 g/mol. The fraction of sp³-hybridized carbons (Fsp3) is 0.538. The Kier molecular flexibility index (Phi) is 4.81. The van der Waals surface area contributed by atoms with Gasteiger partial charge in [-0.2, -0.15) is 0 Å². The minimum atomic E-state index is -3.89. The third-order valence-corrected chi connectivity index (χ3v) is 5.24. The predicted molar refractivity (Wildman–Crippen MR) is 78.0 cm³/mol. The summed E-state index contributed by atoms with van der Waals surface area (Å²) in [5.74, 6) is 0. The second kappa shape index (κ2) is 5.69. The highest BCUT2D eigenvalue weighted by atomic mass is 32.2. The number of nitrogens with two attached hydrogens (primary N) is 1. The van der Waals surface area contributed by atoms with Crippen molar-refractivity contribution in [3.63, 3.8) is 0 Å². The van der Waals surface area contributed by atoms with Gasteiger partial charge < -0.3 is 15.9 Å². The third kappa shape index (κ3) is 3.12. The van der Waals surface area contributed by atoms with Gasteiger partial charge in [0.1, 0.15) is 0 Å². The lowest BCUT2D eigenvalue weighted by molar-refractivity contribution is 0.121. The van der Waals surface area contributed by atoms with Gasteiger partial charge in [0, 0.05) is 5.69 Å². The van der Waals surface area contributed by atoms with E-state index < -0.39 is 28.8 Å². The van der Waals surface area contributed by atoms with Gasteiger partial charge >= 0.3 is 0 Å². The van der Waals surface area contributed by atoms with Gasteiger partial charge in [0.15, 0.2) is 0 Å². The molecule has 0 heterocycles. The van der Waals surface area contributed by atoms with E-state index in [2.05, 4.69) is 4.72 Å². The van der Waals surface area contributed by atoms with E-state index in [0.29, 0.717) is 16.8 Å². The van der Waals surface area contributed by atoms with Gasteiger partial charge in [-0.15, -0.1) is 0 Å². The van der Waals surface area contributed by atoms with Crippen LogP contribution in [-0.2, 0) is 10.0 Å². The average Bonchev–Trinajstić information content (AvgIpc) is 2.35. The molecule has 0 aliphatic rings. The zero-order chi connectivity index (χ0) is 15.7. The number of hydrogen-bond donors (Lipinski definition) is 4. The highest BCUT2D eigenvalue weighted by Gasteiger charge is 2.31. The number of rotatable bonds is 5. The lowest BCUT2D eigenvalue weighted by Gasteiger charge is -2.27. The molecule has 6 nitrogen and oxygen atoms in total. The van der Waals surface area contributed by atoms with Crippen molar-refractivity contribution in [2.45, 2.75) is 38.1 Å². The largest absolute Gasteiger partial charge is 0.398 e. The number of aryl methyl sites for hydroxylation is 2. The Balaban J connectivity index is 3.41. The summed E-state index contributed by atoms with van der Waals surface area (Å²) in [5.41, 5.74) is 6.83. The molecule has 0 radical (unpaired) electrons. The van der Waals surface area contributed by atoms with E-state index in [1.165, 1.54) is 6.92 Å². The van der Waals surface area contributed by atoms with Crippen molar-refractivity contribution >= 4 is 15.7 Å². The summed E-state index contributed by atoms with van der Waals surface area (Å²) < 4.78 is 27.3. The molecule has 5 N–H and O–H groups in total. The van der Waals surface area contributed by atoms with Gasteiger partial charge in [-0.1, -0.05) is 6.07 Å². The van der Waals surface area contributed by atoms with Crippen LogP contribution < -0.4 is 10.5 Å². The molecule has 20 heavy (non-hydrogen) atoms. The van der Waals surface area contributed by atoms with E-state index >= 15 is 0 Å². The molecule has 0 bridgehead atoms. The standard InChI is InChI=1S/C13H22N2O4S/c1-8-5-9(2)12(10(3)11(8)14)20(18,19)15-13(4,6-16)7-17/h5,15-17H,6-7,14H2,1-4H3. The minimum Gasteiger partial charge on any atom is -0.398 e. The third-order valence-electron chi connectivity index (χ3n) is 3.31. The molecule has 1 aromatic rings. The first-order valence-corrected chi connectivity index (χ1v) is 7.68. The van der Waals surface area contributed by atoms with Gasteiger partial charge in [0.2, 0.25) is 10.0 Å². The predicted octanol–water partition coefficient (Wildman–Crippen LogP) is 0.216. The van der Waals surface area contributed by atoms with Crippen LogP contribution in [0.2, 0.25) is 0 Å². The van der Waals surface area contributed by atoms with Crippen LogP contribution in [0, 0.1) is 20.8 Å². The molecule has 0 atom stereocenters. The summed E-state index contributed by atoms with van der Waals surface area (Å²) in [4.78, 5) is 0.0914. The minimum absolute atomic E-state index is 0.0914. The van der Waals surface area contributed by atoms with Crippen molar-refractivity contribution in [1.29, 1.82) is 0 Å². The van der Waals surface area contributed by atoms with Crippen LogP contribution in [0.4, 0.5) is 5.69 Å². The highest BCUT2D eigenvalue weighted by Crippen LogP contribution is 2.28. The lowest BCUT2D eigenvalue weighted by atomic mass is 10.1. The summed E-state index contributed by atoms with van der Waals surface area (Å²) in [7, 11) is -3.89. The molecule has 1 rings (SSSR count). The molecule has 0 amide bonds. The number of aliphatic hydroxyl groups excluding tert-OH is 2. The Morgan fingerprint density at radius 2 is 1.70 bits per heavy atom. The van der Waals surface area contributed by atoms with Crippen molar-refractivity contribution in [2.24, 2.45) is 0 Å². The van der Waals surface area contributed by atoms with E-state index in [1.807, 2.05) is 6.92 Å². The van der Waals surface area contributed by atoms with Crippen molar-refractivity contribution in [1.82, 2.24) is 4.72 Å². The van der Waals surface area contributed by atoms with Gasteiger partial charge in [-0.3, -0.25) is 0 Å². The Labute approximate surface area is 119 Å². The van der Waals surface area contributed by atoms with Crippen LogP contribution >= 0.6 is 0 Å². The van der Waals surface area contributed by atoms with Crippen molar-refractivity contribution in [2.75, 3.05) is 18.9 Å². The molecular formula is C13H22N2O4S. The molecule has 0 fully saturated rings. The normalized spacial score (nSPS) is 12.7. The Morgan fingerprint density at radius 3 is 2.15 bits per heavy atom. The zero-order valence-electron chi connectivity index (χ0n) is 12.2. The number of nitrogens with one attached hydrogen (secondary N) is 1. The van der Waals surface area contributed by atoms with Crippen LogP contribution in [0.5, 0.6) is 0 Å². The molecule has 0 aliphatic carbocycles. The number of nitrogen functional groups attached to an aromatic ring is 1. The van der Waals surface area contributed by atoms with E-state index in [4.69, 9.17) is 5.73 Å². The van der Waals surface area contributed by atoms with Gasteiger partial charge in [-0.05, 0) is 44.4 Å². The second-order valence-electron chi connectivity index (χ2n) is 5.36. The maximum atomic E-state index is 12.5. The maximum absolute atomic E-state index is 12.5. The molecule has 0 aromatic heterocycles. The number of sulfonamides is 1. The SMILES string of the molecule is Cc1cc(C)c(S(=O)(=O)NC(C)(CO)CO)c(C)c1N. The summed E-state index contributed by atoms with van der Waals surface area (Å²) in [5, 5.41) is 18.4. The van der Waals surface area contributed by atoms with E-state index in [9.17, 15) is 18.6 Å². The Morgan fingerprint density at radius 1 is 1.20 bits per heavy atom. The Hall–Kier alpha value is -1.15. The highest BCUT2D eigenvalue weighted by molar-refractivity contribution is 7.89. The first-order valence-electron chi connectivity index (χ1n) is 6.20. The molecule has 0 unspecified atom stereocenters. The molecule has 0 spiro atoms. The molecule has 1 aromatic carbocycles. The zero-order valence-corrected chi connectivity index (χ0v) is 13.0. The van der Waals surface area contributed by atoms with Gasteiger partial charge in [-0.25, -0.2) is 13.1 Å². The number of aliphatic hydroxyl groups is 2. The van der Waals surface area contributed by atoms with Crippen LogP contribution in [0.1, 0.15) is 23.6 Å². The van der Waals surface area contributed by atoms with Gasteiger partial charge in [0.25, 0.3) is 0 Å². The summed E-state index contributed by atoms with van der Waals surface area (Å²) in [6, 6.07) is 1.70. The van der Waals surface area contributed by atoms with Crippen LogP contribution in [0.25, 0.3) is 0 Å². The maximum Gasteiger partial charge on any atom is 0.241 e.